The molecule has 0 aromatic heterocycles. The number of nitrogens with zero attached hydrogens (tertiary/aromatic N) is 1. The number of rotatable bonds is 3. The van der Waals surface area contributed by atoms with E-state index < -0.39 is 0 Å². The van der Waals surface area contributed by atoms with Crippen LogP contribution < -0.4 is 0 Å². The zero-order valence-corrected chi connectivity index (χ0v) is 7.85. The quantitative estimate of drug-likeness (QED) is 0.702. The van der Waals surface area contributed by atoms with E-state index in [0.717, 1.165) is 13.1 Å². The van der Waals surface area contributed by atoms with E-state index in [4.69, 9.17) is 0 Å². The summed E-state index contributed by atoms with van der Waals surface area (Å²) >= 11 is 0. The lowest BCUT2D eigenvalue weighted by molar-refractivity contribution is 0.173. The summed E-state index contributed by atoms with van der Waals surface area (Å²) in [4.78, 5) is 2.28. The SMILES string of the molecule is C[C@H](O)[C@@H]1CN1Cc1ccccc1. The molecule has 1 aliphatic rings. The molecular weight excluding hydrogens is 162 g/mol. The van der Waals surface area contributed by atoms with Gasteiger partial charge in [-0.3, -0.25) is 4.90 Å². The summed E-state index contributed by atoms with van der Waals surface area (Å²) in [6.45, 7) is 3.86. The van der Waals surface area contributed by atoms with E-state index in [2.05, 4.69) is 29.2 Å². The van der Waals surface area contributed by atoms with E-state index in [-0.39, 0.29) is 6.10 Å². The lowest BCUT2D eigenvalue weighted by Crippen LogP contribution is -2.14. The van der Waals surface area contributed by atoms with Gasteiger partial charge in [0.15, 0.2) is 0 Å². The fourth-order valence-electron chi connectivity index (χ4n) is 1.65. The molecule has 2 nitrogen and oxygen atoms in total. The second-order valence-electron chi connectivity index (χ2n) is 3.72. The van der Waals surface area contributed by atoms with Gasteiger partial charge in [-0.2, -0.15) is 0 Å². The van der Waals surface area contributed by atoms with Crippen LogP contribution in [0.2, 0.25) is 0 Å². The fourth-order valence-corrected chi connectivity index (χ4v) is 1.65. The van der Waals surface area contributed by atoms with Crippen LogP contribution in [0.4, 0.5) is 0 Å². The van der Waals surface area contributed by atoms with E-state index in [1.807, 2.05) is 13.0 Å². The van der Waals surface area contributed by atoms with Crippen LogP contribution in [0, 0.1) is 0 Å². The highest BCUT2D eigenvalue weighted by Crippen LogP contribution is 2.23. The molecule has 0 spiro atoms. The predicted molar refractivity (Wildman–Crippen MR) is 52.3 cm³/mol. The second kappa shape index (κ2) is 3.48. The summed E-state index contributed by atoms with van der Waals surface area (Å²) in [6.07, 6.45) is -0.191. The standard InChI is InChI=1S/C11H15NO/c1-9(13)11-8-12(11)7-10-5-3-2-4-6-10/h2-6,9,11,13H,7-8H2,1H3/t9-,11-,12?/m0/s1. The number of hydrogen-bond acceptors (Lipinski definition) is 2. The van der Waals surface area contributed by atoms with Crippen molar-refractivity contribution in [3.63, 3.8) is 0 Å². The molecule has 0 bridgehead atoms. The summed E-state index contributed by atoms with van der Waals surface area (Å²) in [5.74, 6) is 0. The first-order valence-electron chi connectivity index (χ1n) is 4.73. The molecule has 2 rings (SSSR count). The van der Waals surface area contributed by atoms with E-state index in [1.54, 1.807) is 0 Å². The van der Waals surface area contributed by atoms with Crippen molar-refractivity contribution in [2.45, 2.75) is 25.6 Å². The Kier molecular flexibility index (Phi) is 2.34. The molecule has 13 heavy (non-hydrogen) atoms. The van der Waals surface area contributed by atoms with Crippen molar-refractivity contribution >= 4 is 0 Å². The lowest BCUT2D eigenvalue weighted by atomic mass is 10.2. The fraction of sp³-hybridized carbons (Fsp3) is 0.455. The maximum Gasteiger partial charge on any atom is 0.0679 e. The van der Waals surface area contributed by atoms with Crippen LogP contribution in [0.1, 0.15) is 12.5 Å². The molecule has 70 valence electrons. The van der Waals surface area contributed by atoms with Gasteiger partial charge in [0, 0.05) is 19.1 Å². The Balaban J connectivity index is 1.88. The zero-order chi connectivity index (χ0) is 9.26. The van der Waals surface area contributed by atoms with Gasteiger partial charge in [-0.15, -0.1) is 0 Å². The van der Waals surface area contributed by atoms with E-state index in [0.29, 0.717) is 6.04 Å². The van der Waals surface area contributed by atoms with Crippen LogP contribution in [0.25, 0.3) is 0 Å². The van der Waals surface area contributed by atoms with E-state index >= 15 is 0 Å². The van der Waals surface area contributed by atoms with Crippen molar-refractivity contribution in [2.24, 2.45) is 0 Å². The lowest BCUT2D eigenvalue weighted by Gasteiger charge is -2.05. The van der Waals surface area contributed by atoms with Crippen molar-refractivity contribution in [3.05, 3.63) is 35.9 Å². The molecular formula is C11H15NO. The van der Waals surface area contributed by atoms with Crippen molar-refractivity contribution < 1.29 is 5.11 Å². The first-order chi connectivity index (χ1) is 6.27. The predicted octanol–water partition coefficient (Wildman–Crippen LogP) is 1.25. The molecule has 0 aliphatic carbocycles. The molecule has 1 N–H and O–H groups in total. The molecule has 1 fully saturated rings. The molecule has 0 radical (unpaired) electrons. The van der Waals surface area contributed by atoms with Gasteiger partial charge in [0.25, 0.3) is 0 Å². The van der Waals surface area contributed by atoms with Gasteiger partial charge in [0.05, 0.1) is 6.10 Å². The molecule has 0 amide bonds. The van der Waals surface area contributed by atoms with Crippen molar-refractivity contribution in [1.82, 2.24) is 4.90 Å². The smallest absolute Gasteiger partial charge is 0.0679 e. The average Bonchev–Trinajstić information content (AvgIpc) is 2.86. The Hall–Kier alpha value is -0.860. The van der Waals surface area contributed by atoms with Gasteiger partial charge in [-0.05, 0) is 12.5 Å². The minimum Gasteiger partial charge on any atom is -0.392 e. The number of aliphatic hydroxyl groups excluding tert-OH is 1. The Morgan fingerprint density at radius 3 is 2.69 bits per heavy atom. The highest BCUT2D eigenvalue weighted by Gasteiger charge is 2.37. The normalized spacial score (nSPS) is 28.5. The number of benzene rings is 1. The van der Waals surface area contributed by atoms with Gasteiger partial charge in [-0.25, -0.2) is 0 Å². The summed E-state index contributed by atoms with van der Waals surface area (Å²) in [7, 11) is 0. The van der Waals surface area contributed by atoms with Gasteiger partial charge in [0.2, 0.25) is 0 Å². The molecule has 3 atom stereocenters. The highest BCUT2D eigenvalue weighted by atomic mass is 16.3. The van der Waals surface area contributed by atoms with Crippen molar-refractivity contribution in [1.29, 1.82) is 0 Å². The minimum absolute atomic E-state index is 0.191. The third-order valence-corrected chi connectivity index (χ3v) is 2.54. The first-order valence-corrected chi connectivity index (χ1v) is 4.73. The van der Waals surface area contributed by atoms with Gasteiger partial charge in [0.1, 0.15) is 0 Å². The van der Waals surface area contributed by atoms with Crippen LogP contribution in [0.15, 0.2) is 30.3 Å². The maximum absolute atomic E-state index is 9.30. The first kappa shape index (κ1) is 8.73. The summed E-state index contributed by atoms with van der Waals surface area (Å²) in [5, 5.41) is 9.30. The molecule has 0 saturated carbocycles. The van der Waals surface area contributed by atoms with Gasteiger partial charge < -0.3 is 5.11 Å². The highest BCUT2D eigenvalue weighted by molar-refractivity contribution is 5.16. The molecule has 1 aliphatic heterocycles. The van der Waals surface area contributed by atoms with Gasteiger partial charge >= 0.3 is 0 Å². The van der Waals surface area contributed by atoms with Crippen molar-refractivity contribution in [2.75, 3.05) is 6.54 Å². The van der Waals surface area contributed by atoms with E-state index in [1.165, 1.54) is 5.56 Å². The van der Waals surface area contributed by atoms with Crippen LogP contribution in [0.5, 0.6) is 0 Å². The third kappa shape index (κ3) is 2.08. The molecule has 2 heteroatoms. The Bertz CT molecular complexity index is 271. The van der Waals surface area contributed by atoms with Crippen LogP contribution in [-0.4, -0.2) is 28.7 Å². The van der Waals surface area contributed by atoms with Gasteiger partial charge in [-0.1, -0.05) is 30.3 Å². The minimum atomic E-state index is -0.191. The van der Waals surface area contributed by atoms with Crippen LogP contribution >= 0.6 is 0 Å². The molecule has 1 heterocycles. The monoisotopic (exact) mass is 177 g/mol. The largest absolute Gasteiger partial charge is 0.392 e. The Morgan fingerprint density at radius 1 is 1.46 bits per heavy atom. The summed E-state index contributed by atoms with van der Waals surface area (Å²) in [5.41, 5.74) is 1.32. The Labute approximate surface area is 78.8 Å². The summed E-state index contributed by atoms with van der Waals surface area (Å²) in [6, 6.07) is 10.8. The topological polar surface area (TPSA) is 23.2 Å². The van der Waals surface area contributed by atoms with E-state index in [9.17, 15) is 5.11 Å². The Morgan fingerprint density at radius 2 is 2.15 bits per heavy atom. The third-order valence-electron chi connectivity index (χ3n) is 2.54. The molecule has 1 saturated heterocycles. The second-order valence-corrected chi connectivity index (χ2v) is 3.72. The molecule has 1 unspecified atom stereocenters. The summed E-state index contributed by atoms with van der Waals surface area (Å²) < 4.78 is 0. The average molecular weight is 177 g/mol. The molecule has 1 aromatic rings. The van der Waals surface area contributed by atoms with Crippen LogP contribution in [-0.2, 0) is 6.54 Å². The van der Waals surface area contributed by atoms with Crippen LogP contribution in [0.3, 0.4) is 0 Å². The molecule has 1 aromatic carbocycles. The maximum atomic E-state index is 9.30. The zero-order valence-electron chi connectivity index (χ0n) is 7.85. The number of aliphatic hydroxyl groups is 1. The number of hydrogen-bond donors (Lipinski definition) is 1. The van der Waals surface area contributed by atoms with Crippen molar-refractivity contribution in [3.8, 4) is 0 Å².